The second-order valence-electron chi connectivity index (χ2n) is 8.32. The number of carbonyl (C=O) groups excluding carboxylic acids is 1. The lowest BCUT2D eigenvalue weighted by Gasteiger charge is -2.16. The summed E-state index contributed by atoms with van der Waals surface area (Å²) in [5.74, 6) is 1.56. The Labute approximate surface area is 187 Å². The number of hydrogen-bond donors (Lipinski definition) is 1. The molecule has 32 heavy (non-hydrogen) atoms. The van der Waals surface area contributed by atoms with Crippen molar-refractivity contribution in [2.24, 2.45) is 0 Å². The molecule has 1 N–H and O–H groups in total. The molecule has 1 aliphatic rings. The number of rotatable bonds is 8. The molecule has 0 saturated heterocycles. The zero-order valence-corrected chi connectivity index (χ0v) is 18.6. The minimum absolute atomic E-state index is 0.101. The molecule has 2 aromatic heterocycles. The van der Waals surface area contributed by atoms with Crippen molar-refractivity contribution >= 4 is 11.6 Å². The van der Waals surface area contributed by atoms with Crippen LogP contribution in [-0.4, -0.2) is 37.7 Å². The predicted octanol–water partition coefficient (Wildman–Crippen LogP) is 3.44. The largest absolute Gasteiger partial charge is 0.494 e. The van der Waals surface area contributed by atoms with Crippen LogP contribution in [0.3, 0.4) is 0 Å². The number of ether oxygens (including phenoxy) is 1. The van der Waals surface area contributed by atoms with Crippen LogP contribution in [0.5, 0.6) is 5.75 Å². The summed E-state index contributed by atoms with van der Waals surface area (Å²) in [5.41, 5.74) is 0.779. The zero-order chi connectivity index (χ0) is 22.3. The van der Waals surface area contributed by atoms with Gasteiger partial charge in [0, 0.05) is 37.0 Å². The van der Waals surface area contributed by atoms with Gasteiger partial charge in [0.25, 0.3) is 0 Å². The number of nitrogens with zero attached hydrogens (tertiary/aromatic N) is 4. The fourth-order valence-corrected chi connectivity index (χ4v) is 4.31. The van der Waals surface area contributed by atoms with Crippen molar-refractivity contribution in [1.29, 1.82) is 0 Å². The Morgan fingerprint density at radius 3 is 2.56 bits per heavy atom. The highest BCUT2D eigenvalue weighted by Gasteiger charge is 2.16. The van der Waals surface area contributed by atoms with Crippen LogP contribution in [0.1, 0.15) is 64.1 Å². The van der Waals surface area contributed by atoms with E-state index in [1.54, 1.807) is 21.4 Å². The first-order chi connectivity index (χ1) is 15.7. The summed E-state index contributed by atoms with van der Waals surface area (Å²) in [4.78, 5) is 25.2. The van der Waals surface area contributed by atoms with Gasteiger partial charge in [0.1, 0.15) is 11.6 Å². The van der Waals surface area contributed by atoms with Crippen LogP contribution in [0.15, 0.2) is 41.5 Å². The monoisotopic (exact) mass is 437 g/mol. The van der Waals surface area contributed by atoms with Crippen LogP contribution < -0.4 is 15.6 Å². The van der Waals surface area contributed by atoms with E-state index in [0.29, 0.717) is 37.7 Å². The van der Waals surface area contributed by atoms with E-state index in [2.05, 4.69) is 15.5 Å². The van der Waals surface area contributed by atoms with Gasteiger partial charge in [0.15, 0.2) is 0 Å². The first kappa shape index (κ1) is 22.0. The van der Waals surface area contributed by atoms with Gasteiger partial charge in [-0.15, -0.1) is 10.2 Å². The number of amides is 1. The van der Waals surface area contributed by atoms with Gasteiger partial charge in [-0.1, -0.05) is 25.7 Å². The second kappa shape index (κ2) is 10.4. The highest BCUT2D eigenvalue weighted by Crippen LogP contribution is 2.18. The van der Waals surface area contributed by atoms with E-state index in [9.17, 15) is 9.59 Å². The van der Waals surface area contributed by atoms with Crippen molar-refractivity contribution in [3.63, 3.8) is 0 Å². The topological polar surface area (TPSA) is 90.5 Å². The van der Waals surface area contributed by atoms with E-state index in [1.165, 1.54) is 25.7 Å². The highest BCUT2D eigenvalue weighted by atomic mass is 16.5. The summed E-state index contributed by atoms with van der Waals surface area (Å²) in [7, 11) is 0. The van der Waals surface area contributed by atoms with Crippen LogP contribution in [0.25, 0.3) is 11.3 Å². The molecule has 1 aromatic carbocycles. The van der Waals surface area contributed by atoms with Crippen molar-refractivity contribution in [3.8, 4) is 11.4 Å². The molecule has 0 bridgehead atoms. The van der Waals surface area contributed by atoms with Gasteiger partial charge in [0.05, 0.1) is 6.61 Å². The molecule has 1 aliphatic carbocycles. The molecule has 8 heteroatoms. The fraction of sp³-hybridized carbons (Fsp3) is 0.500. The molecule has 0 atom stereocenters. The van der Waals surface area contributed by atoms with E-state index >= 15 is 0 Å². The Balaban J connectivity index is 1.38. The molecule has 3 aromatic rings. The first-order valence-corrected chi connectivity index (χ1v) is 11.6. The Kier molecular flexibility index (Phi) is 7.19. The standard InChI is InChI=1S/C24H31N5O3/c1-2-32-20-14-12-19(13-15-20)28-16-17-29-21(26-27-23(29)24(28)31)10-7-11-22(30)25-18-8-5-3-4-6-9-18/h12-18H,2-11H2,1H3,(H,25,30). The maximum Gasteiger partial charge on any atom is 0.300 e. The fourth-order valence-electron chi connectivity index (χ4n) is 4.31. The number of hydrogen-bond acceptors (Lipinski definition) is 5. The smallest absolute Gasteiger partial charge is 0.300 e. The summed E-state index contributed by atoms with van der Waals surface area (Å²) in [5, 5.41) is 11.5. The average Bonchev–Trinajstić information content (AvgIpc) is 3.03. The molecule has 0 radical (unpaired) electrons. The maximum atomic E-state index is 12.9. The Hall–Kier alpha value is -3.16. The van der Waals surface area contributed by atoms with Crippen LogP contribution in [-0.2, 0) is 11.2 Å². The van der Waals surface area contributed by atoms with E-state index < -0.39 is 0 Å². The lowest BCUT2D eigenvalue weighted by molar-refractivity contribution is -0.122. The van der Waals surface area contributed by atoms with Gasteiger partial charge >= 0.3 is 5.56 Å². The summed E-state index contributed by atoms with van der Waals surface area (Å²) in [6, 6.07) is 7.68. The lowest BCUT2D eigenvalue weighted by atomic mass is 10.1. The van der Waals surface area contributed by atoms with Crippen molar-refractivity contribution in [1.82, 2.24) is 24.5 Å². The van der Waals surface area contributed by atoms with E-state index in [1.807, 2.05) is 31.2 Å². The molecule has 2 heterocycles. The molecular weight excluding hydrogens is 406 g/mol. The predicted molar refractivity (Wildman–Crippen MR) is 122 cm³/mol. The average molecular weight is 438 g/mol. The number of aryl methyl sites for hydroxylation is 1. The number of benzene rings is 1. The summed E-state index contributed by atoms with van der Waals surface area (Å²) >= 11 is 0. The van der Waals surface area contributed by atoms with Gasteiger partial charge in [-0.2, -0.15) is 0 Å². The maximum absolute atomic E-state index is 12.9. The SMILES string of the molecule is CCOc1ccc(-n2ccn3c(CCCC(=O)NC4CCCCCC4)nnc3c2=O)cc1. The van der Waals surface area contributed by atoms with Crippen molar-refractivity contribution < 1.29 is 9.53 Å². The number of nitrogens with one attached hydrogen (secondary N) is 1. The third-order valence-corrected chi connectivity index (χ3v) is 5.99. The second-order valence-corrected chi connectivity index (χ2v) is 8.32. The number of aromatic nitrogens is 4. The van der Waals surface area contributed by atoms with Crippen LogP contribution >= 0.6 is 0 Å². The van der Waals surface area contributed by atoms with Crippen LogP contribution in [0.4, 0.5) is 0 Å². The molecule has 4 rings (SSSR count). The first-order valence-electron chi connectivity index (χ1n) is 11.6. The number of carbonyl (C=O) groups is 1. The molecule has 0 unspecified atom stereocenters. The molecule has 1 saturated carbocycles. The summed E-state index contributed by atoms with van der Waals surface area (Å²) in [6.07, 6.45) is 12.3. The normalized spacial score (nSPS) is 14.9. The molecule has 8 nitrogen and oxygen atoms in total. The molecular formula is C24H31N5O3. The third-order valence-electron chi connectivity index (χ3n) is 5.99. The van der Waals surface area contributed by atoms with Gasteiger partial charge in [-0.3, -0.25) is 18.6 Å². The van der Waals surface area contributed by atoms with Gasteiger partial charge in [-0.25, -0.2) is 0 Å². The van der Waals surface area contributed by atoms with E-state index in [-0.39, 0.29) is 17.1 Å². The minimum atomic E-state index is -0.235. The Bertz CT molecular complexity index is 1100. The van der Waals surface area contributed by atoms with E-state index in [4.69, 9.17) is 4.74 Å². The Morgan fingerprint density at radius 1 is 1.09 bits per heavy atom. The van der Waals surface area contributed by atoms with Crippen molar-refractivity contribution in [2.45, 2.75) is 70.8 Å². The molecule has 1 fully saturated rings. The van der Waals surface area contributed by atoms with Crippen LogP contribution in [0, 0.1) is 0 Å². The molecule has 1 amide bonds. The molecule has 0 spiro atoms. The summed E-state index contributed by atoms with van der Waals surface area (Å²) < 4.78 is 8.72. The molecule has 0 aliphatic heterocycles. The highest BCUT2D eigenvalue weighted by molar-refractivity contribution is 5.76. The van der Waals surface area contributed by atoms with Gasteiger partial charge < -0.3 is 10.1 Å². The van der Waals surface area contributed by atoms with Gasteiger partial charge in [-0.05, 0) is 50.5 Å². The zero-order valence-electron chi connectivity index (χ0n) is 18.6. The van der Waals surface area contributed by atoms with E-state index in [0.717, 1.165) is 24.3 Å². The van der Waals surface area contributed by atoms with Crippen molar-refractivity contribution in [3.05, 3.63) is 52.8 Å². The third kappa shape index (κ3) is 5.18. The Morgan fingerprint density at radius 2 is 1.84 bits per heavy atom. The van der Waals surface area contributed by atoms with Crippen LogP contribution in [0.2, 0.25) is 0 Å². The quantitative estimate of drug-likeness (QED) is 0.545. The lowest BCUT2D eigenvalue weighted by Crippen LogP contribution is -2.34. The van der Waals surface area contributed by atoms with Gasteiger partial charge in [0.2, 0.25) is 11.6 Å². The number of fused-ring (bicyclic) bond motifs is 1. The summed E-state index contributed by atoms with van der Waals surface area (Å²) in [6.45, 7) is 2.52. The minimum Gasteiger partial charge on any atom is -0.494 e. The molecule has 170 valence electrons. The van der Waals surface area contributed by atoms with Crippen molar-refractivity contribution in [2.75, 3.05) is 6.61 Å².